The predicted molar refractivity (Wildman–Crippen MR) is 54.7 cm³/mol. The molecule has 15 heavy (non-hydrogen) atoms. The van der Waals surface area contributed by atoms with Gasteiger partial charge in [0.05, 0.1) is 0 Å². The number of carboxylic acid groups (broad SMARTS) is 1. The SMILES string of the molecule is COCCCCNC(=O)N[C@@H](C)C(=O)O. The summed E-state index contributed by atoms with van der Waals surface area (Å²) >= 11 is 0. The molecule has 88 valence electrons. The standard InChI is InChI=1S/C9H18N2O4/c1-7(8(12)13)11-9(14)10-5-3-4-6-15-2/h7H,3-6H2,1-2H3,(H,12,13)(H2,10,11,14)/t7-/m0/s1. The van der Waals surface area contributed by atoms with E-state index in [0.717, 1.165) is 12.8 Å². The Morgan fingerprint density at radius 2 is 2.07 bits per heavy atom. The third-order valence-electron chi connectivity index (χ3n) is 1.78. The maximum atomic E-state index is 11.1. The lowest BCUT2D eigenvalue weighted by Gasteiger charge is -2.10. The molecular formula is C9H18N2O4. The molecular weight excluding hydrogens is 200 g/mol. The van der Waals surface area contributed by atoms with Gasteiger partial charge >= 0.3 is 12.0 Å². The van der Waals surface area contributed by atoms with Crippen LogP contribution in [-0.2, 0) is 9.53 Å². The number of urea groups is 1. The van der Waals surface area contributed by atoms with Gasteiger partial charge in [0.1, 0.15) is 6.04 Å². The monoisotopic (exact) mass is 218 g/mol. The van der Waals surface area contributed by atoms with Crippen LogP contribution in [-0.4, -0.2) is 43.4 Å². The van der Waals surface area contributed by atoms with E-state index < -0.39 is 18.0 Å². The van der Waals surface area contributed by atoms with Crippen molar-refractivity contribution < 1.29 is 19.4 Å². The molecule has 0 heterocycles. The molecule has 0 unspecified atom stereocenters. The van der Waals surface area contributed by atoms with Crippen molar-refractivity contribution in [1.82, 2.24) is 10.6 Å². The van der Waals surface area contributed by atoms with Gasteiger partial charge in [0.15, 0.2) is 0 Å². The zero-order valence-electron chi connectivity index (χ0n) is 9.08. The van der Waals surface area contributed by atoms with Crippen molar-refractivity contribution in [3.05, 3.63) is 0 Å². The van der Waals surface area contributed by atoms with Gasteiger partial charge < -0.3 is 20.5 Å². The van der Waals surface area contributed by atoms with Crippen LogP contribution < -0.4 is 10.6 Å². The third kappa shape index (κ3) is 7.75. The fourth-order valence-electron chi connectivity index (χ4n) is 0.883. The molecule has 0 aliphatic rings. The molecule has 6 nitrogen and oxygen atoms in total. The number of carbonyl (C=O) groups excluding carboxylic acids is 1. The summed E-state index contributed by atoms with van der Waals surface area (Å²) < 4.78 is 4.84. The third-order valence-corrected chi connectivity index (χ3v) is 1.78. The zero-order chi connectivity index (χ0) is 11.7. The number of hydrogen-bond donors (Lipinski definition) is 3. The molecule has 0 bridgehead atoms. The molecule has 0 aromatic heterocycles. The molecule has 0 spiro atoms. The van der Waals surface area contributed by atoms with E-state index in [4.69, 9.17) is 9.84 Å². The van der Waals surface area contributed by atoms with Gasteiger partial charge in [-0.1, -0.05) is 0 Å². The number of carbonyl (C=O) groups is 2. The number of nitrogens with one attached hydrogen (secondary N) is 2. The van der Waals surface area contributed by atoms with Gasteiger partial charge in [-0.2, -0.15) is 0 Å². The van der Waals surface area contributed by atoms with Gasteiger partial charge in [0, 0.05) is 20.3 Å². The van der Waals surface area contributed by atoms with E-state index in [1.54, 1.807) is 7.11 Å². The van der Waals surface area contributed by atoms with Crippen molar-refractivity contribution in [2.45, 2.75) is 25.8 Å². The minimum atomic E-state index is -1.05. The Morgan fingerprint density at radius 3 is 2.60 bits per heavy atom. The number of hydrogen-bond acceptors (Lipinski definition) is 3. The molecule has 0 aliphatic heterocycles. The van der Waals surface area contributed by atoms with Crippen LogP contribution in [0.1, 0.15) is 19.8 Å². The number of unbranched alkanes of at least 4 members (excludes halogenated alkanes) is 1. The molecule has 0 saturated heterocycles. The van der Waals surface area contributed by atoms with Crippen LogP contribution in [0.4, 0.5) is 4.79 Å². The maximum Gasteiger partial charge on any atom is 0.325 e. The number of carboxylic acids is 1. The second-order valence-corrected chi connectivity index (χ2v) is 3.16. The number of ether oxygens (including phenoxy) is 1. The highest BCUT2D eigenvalue weighted by Crippen LogP contribution is 1.87. The Labute approximate surface area is 89.0 Å². The molecule has 3 N–H and O–H groups in total. The first-order chi connectivity index (χ1) is 7.07. The van der Waals surface area contributed by atoms with Gasteiger partial charge in [0.2, 0.25) is 0 Å². The van der Waals surface area contributed by atoms with E-state index in [0.29, 0.717) is 13.2 Å². The Hall–Kier alpha value is -1.30. The summed E-state index contributed by atoms with van der Waals surface area (Å²) in [6.45, 7) is 2.59. The molecule has 2 amide bonds. The van der Waals surface area contributed by atoms with Crippen LogP contribution in [0.25, 0.3) is 0 Å². The maximum absolute atomic E-state index is 11.1. The lowest BCUT2D eigenvalue weighted by molar-refractivity contribution is -0.138. The van der Waals surface area contributed by atoms with E-state index in [1.807, 2.05) is 0 Å². The zero-order valence-corrected chi connectivity index (χ0v) is 9.08. The first-order valence-corrected chi connectivity index (χ1v) is 4.84. The van der Waals surface area contributed by atoms with Crippen molar-refractivity contribution in [2.75, 3.05) is 20.3 Å². The average molecular weight is 218 g/mol. The molecule has 1 atom stereocenters. The van der Waals surface area contributed by atoms with Crippen LogP contribution in [0, 0.1) is 0 Å². The molecule has 0 rings (SSSR count). The van der Waals surface area contributed by atoms with Crippen LogP contribution >= 0.6 is 0 Å². The summed E-state index contributed by atoms with van der Waals surface area (Å²) in [6.07, 6.45) is 1.67. The number of amides is 2. The molecule has 0 radical (unpaired) electrons. The van der Waals surface area contributed by atoms with Crippen LogP contribution in [0.2, 0.25) is 0 Å². The molecule has 0 aromatic rings. The topological polar surface area (TPSA) is 87.7 Å². The Bertz CT molecular complexity index is 208. The van der Waals surface area contributed by atoms with Gasteiger partial charge in [-0.25, -0.2) is 4.79 Å². The highest BCUT2D eigenvalue weighted by molar-refractivity contribution is 5.82. The van der Waals surface area contributed by atoms with Crippen LogP contribution in [0.15, 0.2) is 0 Å². The summed E-state index contributed by atoms with van der Waals surface area (Å²) in [5.74, 6) is -1.05. The Kier molecular flexibility index (Phi) is 7.35. The Morgan fingerprint density at radius 1 is 1.40 bits per heavy atom. The highest BCUT2D eigenvalue weighted by Gasteiger charge is 2.12. The average Bonchev–Trinajstić information content (AvgIpc) is 2.17. The summed E-state index contributed by atoms with van der Waals surface area (Å²) in [7, 11) is 1.62. The lowest BCUT2D eigenvalue weighted by atomic mass is 10.3. The van der Waals surface area contributed by atoms with Crippen LogP contribution in [0.3, 0.4) is 0 Å². The van der Waals surface area contributed by atoms with Crippen molar-refractivity contribution >= 4 is 12.0 Å². The number of methoxy groups -OCH3 is 1. The lowest BCUT2D eigenvalue weighted by Crippen LogP contribution is -2.44. The summed E-state index contributed by atoms with van der Waals surface area (Å²) in [6, 6.07) is -1.33. The molecule has 0 aliphatic carbocycles. The number of rotatable bonds is 7. The summed E-state index contributed by atoms with van der Waals surface area (Å²) in [5, 5.41) is 13.4. The van der Waals surface area contributed by atoms with Crippen LogP contribution in [0.5, 0.6) is 0 Å². The van der Waals surface area contributed by atoms with Gasteiger partial charge in [-0.15, -0.1) is 0 Å². The van der Waals surface area contributed by atoms with Gasteiger partial charge in [-0.3, -0.25) is 4.79 Å². The number of aliphatic carboxylic acids is 1. The van der Waals surface area contributed by atoms with Gasteiger partial charge in [0.25, 0.3) is 0 Å². The van der Waals surface area contributed by atoms with E-state index in [2.05, 4.69) is 10.6 Å². The molecule has 0 saturated carbocycles. The van der Waals surface area contributed by atoms with E-state index in [-0.39, 0.29) is 0 Å². The summed E-state index contributed by atoms with van der Waals surface area (Å²) in [4.78, 5) is 21.5. The first-order valence-electron chi connectivity index (χ1n) is 4.84. The van der Waals surface area contributed by atoms with Crippen molar-refractivity contribution in [3.63, 3.8) is 0 Å². The van der Waals surface area contributed by atoms with E-state index in [1.165, 1.54) is 6.92 Å². The minimum absolute atomic E-state index is 0.456. The van der Waals surface area contributed by atoms with Crippen molar-refractivity contribution in [2.24, 2.45) is 0 Å². The van der Waals surface area contributed by atoms with E-state index >= 15 is 0 Å². The van der Waals surface area contributed by atoms with Gasteiger partial charge in [-0.05, 0) is 19.8 Å². The fourth-order valence-corrected chi connectivity index (χ4v) is 0.883. The minimum Gasteiger partial charge on any atom is -0.480 e. The summed E-state index contributed by atoms with van der Waals surface area (Å²) in [5.41, 5.74) is 0. The highest BCUT2D eigenvalue weighted by atomic mass is 16.5. The first kappa shape index (κ1) is 13.7. The molecule has 6 heteroatoms. The second-order valence-electron chi connectivity index (χ2n) is 3.16. The quantitative estimate of drug-likeness (QED) is 0.532. The smallest absolute Gasteiger partial charge is 0.325 e. The van der Waals surface area contributed by atoms with E-state index in [9.17, 15) is 9.59 Å². The fraction of sp³-hybridized carbons (Fsp3) is 0.778. The van der Waals surface area contributed by atoms with Crippen molar-refractivity contribution in [3.8, 4) is 0 Å². The molecule has 0 fully saturated rings. The normalized spacial score (nSPS) is 11.9. The second kappa shape index (κ2) is 8.05. The van der Waals surface area contributed by atoms with Crippen molar-refractivity contribution in [1.29, 1.82) is 0 Å². The largest absolute Gasteiger partial charge is 0.480 e. The Balaban J connectivity index is 3.45. The molecule has 0 aromatic carbocycles. The predicted octanol–water partition coefficient (Wildman–Crippen LogP) is 0.185.